The molecule has 0 bridgehead atoms. The molecule has 6 heteroatoms. The van der Waals surface area contributed by atoms with Crippen LogP contribution >= 0.6 is 24.0 Å². The van der Waals surface area contributed by atoms with E-state index in [2.05, 4.69) is 58.7 Å². The van der Waals surface area contributed by atoms with Crippen LogP contribution < -0.4 is 10.6 Å². The number of nitrogens with one attached hydrogen (secondary N) is 2. The van der Waals surface area contributed by atoms with Gasteiger partial charge in [0.1, 0.15) is 0 Å². The second-order valence-electron chi connectivity index (χ2n) is 8.42. The molecular weight excluding hydrogens is 473 g/mol. The van der Waals surface area contributed by atoms with Crippen LogP contribution in [0.5, 0.6) is 0 Å². The summed E-state index contributed by atoms with van der Waals surface area (Å²) >= 11 is 0. The van der Waals surface area contributed by atoms with Gasteiger partial charge >= 0.3 is 0 Å². The van der Waals surface area contributed by atoms with Crippen LogP contribution in [0.2, 0.25) is 0 Å². The van der Waals surface area contributed by atoms with E-state index in [1.807, 2.05) is 0 Å². The van der Waals surface area contributed by atoms with Gasteiger partial charge in [0.2, 0.25) is 0 Å². The lowest BCUT2D eigenvalue weighted by Gasteiger charge is -2.24. The molecule has 0 amide bonds. The van der Waals surface area contributed by atoms with E-state index in [-0.39, 0.29) is 24.0 Å². The monoisotopic (exact) mass is 513 g/mol. The highest BCUT2D eigenvalue weighted by molar-refractivity contribution is 14.0. The van der Waals surface area contributed by atoms with Crippen molar-refractivity contribution >= 4 is 29.9 Å². The molecule has 3 rings (SSSR count). The maximum absolute atomic E-state index is 4.82. The van der Waals surface area contributed by atoms with Crippen molar-refractivity contribution in [1.29, 1.82) is 0 Å². The second kappa shape index (κ2) is 13.4. The zero-order chi connectivity index (χ0) is 19.6. The summed E-state index contributed by atoms with van der Waals surface area (Å²) in [6, 6.07) is 9.63. The summed E-state index contributed by atoms with van der Waals surface area (Å²) in [5.74, 6) is 0.965. The predicted octanol–water partition coefficient (Wildman–Crippen LogP) is 3.83. The third kappa shape index (κ3) is 8.80. The normalized spacial score (nSPS) is 20.0. The maximum Gasteiger partial charge on any atom is 0.191 e. The predicted molar refractivity (Wildman–Crippen MR) is 134 cm³/mol. The first-order valence-corrected chi connectivity index (χ1v) is 11.3. The van der Waals surface area contributed by atoms with Crippen molar-refractivity contribution in [2.75, 3.05) is 39.8 Å². The zero-order valence-electron chi connectivity index (χ0n) is 18.3. The van der Waals surface area contributed by atoms with E-state index in [9.17, 15) is 0 Å². The van der Waals surface area contributed by atoms with Crippen LogP contribution in [0.3, 0.4) is 0 Å². The lowest BCUT2D eigenvalue weighted by Crippen LogP contribution is -2.44. The summed E-state index contributed by atoms with van der Waals surface area (Å²) in [6.07, 6.45) is 7.87. The summed E-state index contributed by atoms with van der Waals surface area (Å²) in [7, 11) is 2.23. The highest BCUT2D eigenvalue weighted by Gasteiger charge is 2.14. The van der Waals surface area contributed by atoms with Crippen molar-refractivity contribution in [3.05, 3.63) is 35.4 Å². The summed E-state index contributed by atoms with van der Waals surface area (Å²) < 4.78 is 0. The molecule has 1 aromatic rings. The van der Waals surface area contributed by atoms with E-state index in [0.717, 1.165) is 25.6 Å². The molecule has 0 radical (unpaired) electrons. The first-order chi connectivity index (χ1) is 13.7. The number of rotatable bonds is 6. The molecule has 2 N–H and O–H groups in total. The summed E-state index contributed by atoms with van der Waals surface area (Å²) in [6.45, 7) is 9.59. The number of nitrogens with zero attached hydrogens (tertiary/aromatic N) is 3. The fraction of sp³-hybridized carbons (Fsp3) is 0.696. The van der Waals surface area contributed by atoms with Gasteiger partial charge in [-0.15, -0.1) is 24.0 Å². The van der Waals surface area contributed by atoms with Gasteiger partial charge in [0, 0.05) is 32.2 Å². The van der Waals surface area contributed by atoms with Gasteiger partial charge in [0.15, 0.2) is 5.96 Å². The Labute approximate surface area is 194 Å². The molecule has 0 atom stereocenters. The Balaban J connectivity index is 0.00000300. The van der Waals surface area contributed by atoms with E-state index in [1.165, 1.54) is 75.8 Å². The molecule has 0 aromatic heterocycles. The number of hydrogen-bond acceptors (Lipinski definition) is 3. The van der Waals surface area contributed by atoms with E-state index < -0.39 is 0 Å². The molecule has 1 heterocycles. The molecule has 1 aliphatic carbocycles. The topological polar surface area (TPSA) is 42.9 Å². The third-order valence-corrected chi connectivity index (χ3v) is 5.95. The minimum Gasteiger partial charge on any atom is -0.357 e. The second-order valence-corrected chi connectivity index (χ2v) is 8.42. The van der Waals surface area contributed by atoms with E-state index in [4.69, 9.17) is 4.99 Å². The van der Waals surface area contributed by atoms with Gasteiger partial charge in [-0.05, 0) is 57.5 Å². The van der Waals surface area contributed by atoms with Gasteiger partial charge in [-0.25, -0.2) is 4.99 Å². The van der Waals surface area contributed by atoms with Crippen LogP contribution in [0.1, 0.15) is 56.6 Å². The van der Waals surface area contributed by atoms with Gasteiger partial charge in [-0.3, -0.25) is 4.90 Å². The van der Waals surface area contributed by atoms with Gasteiger partial charge in [0.25, 0.3) is 0 Å². The first kappa shape index (κ1) is 24.4. The number of aliphatic imine (C=N–C) groups is 1. The maximum atomic E-state index is 4.82. The molecule has 5 nitrogen and oxygen atoms in total. The molecule has 0 spiro atoms. The molecule has 2 fully saturated rings. The minimum absolute atomic E-state index is 0. The third-order valence-electron chi connectivity index (χ3n) is 5.95. The fourth-order valence-electron chi connectivity index (χ4n) is 4.20. The fourth-order valence-corrected chi connectivity index (χ4v) is 4.20. The molecule has 1 saturated carbocycles. The van der Waals surface area contributed by atoms with Crippen LogP contribution in [0.15, 0.2) is 29.3 Å². The number of guanidine groups is 1. The lowest BCUT2D eigenvalue weighted by molar-refractivity contribution is 0.269. The van der Waals surface area contributed by atoms with Gasteiger partial charge < -0.3 is 15.5 Å². The number of likely N-dealkylation sites (N-methyl/N-ethyl adjacent to an activating group) is 1. The molecule has 2 aliphatic rings. The Morgan fingerprint density at radius 3 is 2.41 bits per heavy atom. The highest BCUT2D eigenvalue weighted by Crippen LogP contribution is 2.17. The van der Waals surface area contributed by atoms with Crippen LogP contribution in [-0.4, -0.2) is 61.6 Å². The Morgan fingerprint density at radius 2 is 1.69 bits per heavy atom. The zero-order valence-corrected chi connectivity index (χ0v) is 20.7. The molecular formula is C23H40IN5. The SMILES string of the molecule is CCNC(=NCc1ccc(CN2CCCN(C)CC2)cc1)NC1CCCCC1.I. The minimum atomic E-state index is 0. The van der Waals surface area contributed by atoms with Crippen molar-refractivity contribution in [2.24, 2.45) is 4.99 Å². The standard InChI is InChI=1S/C23H39N5.HI/c1-3-24-23(26-22-8-5-4-6-9-22)25-18-20-10-12-21(13-11-20)19-28-15-7-14-27(2)16-17-28;/h10-13,22H,3-9,14-19H2,1-2H3,(H2,24,25,26);1H. The van der Waals surface area contributed by atoms with Crippen LogP contribution in [0, 0.1) is 0 Å². The average Bonchev–Trinajstić information content (AvgIpc) is 2.92. The van der Waals surface area contributed by atoms with Crippen LogP contribution in [-0.2, 0) is 13.1 Å². The molecule has 1 aromatic carbocycles. The van der Waals surface area contributed by atoms with Gasteiger partial charge in [0.05, 0.1) is 6.54 Å². The number of halogens is 1. The molecule has 1 saturated heterocycles. The van der Waals surface area contributed by atoms with Crippen molar-refractivity contribution in [2.45, 2.75) is 64.6 Å². The lowest BCUT2D eigenvalue weighted by atomic mass is 9.96. The molecule has 1 aliphatic heterocycles. The van der Waals surface area contributed by atoms with Gasteiger partial charge in [-0.2, -0.15) is 0 Å². The Bertz CT molecular complexity index is 598. The summed E-state index contributed by atoms with van der Waals surface area (Å²) in [4.78, 5) is 9.83. The summed E-state index contributed by atoms with van der Waals surface area (Å²) in [5.41, 5.74) is 2.68. The number of hydrogen-bond donors (Lipinski definition) is 2. The molecule has 29 heavy (non-hydrogen) atoms. The quantitative estimate of drug-likeness (QED) is 0.345. The van der Waals surface area contributed by atoms with E-state index in [0.29, 0.717) is 6.04 Å². The highest BCUT2D eigenvalue weighted by atomic mass is 127. The van der Waals surface area contributed by atoms with Crippen molar-refractivity contribution < 1.29 is 0 Å². The van der Waals surface area contributed by atoms with Crippen LogP contribution in [0.25, 0.3) is 0 Å². The Kier molecular flexibility index (Phi) is 11.3. The first-order valence-electron chi connectivity index (χ1n) is 11.3. The molecule has 0 unspecified atom stereocenters. The van der Waals surface area contributed by atoms with E-state index in [1.54, 1.807) is 0 Å². The Morgan fingerprint density at radius 1 is 0.966 bits per heavy atom. The number of benzene rings is 1. The Hall–Kier alpha value is -0.860. The van der Waals surface area contributed by atoms with Crippen molar-refractivity contribution in [3.8, 4) is 0 Å². The molecule has 164 valence electrons. The van der Waals surface area contributed by atoms with Crippen molar-refractivity contribution in [1.82, 2.24) is 20.4 Å². The van der Waals surface area contributed by atoms with Crippen molar-refractivity contribution in [3.63, 3.8) is 0 Å². The van der Waals surface area contributed by atoms with Gasteiger partial charge in [-0.1, -0.05) is 43.5 Å². The summed E-state index contributed by atoms with van der Waals surface area (Å²) in [5, 5.41) is 7.03. The van der Waals surface area contributed by atoms with E-state index >= 15 is 0 Å². The smallest absolute Gasteiger partial charge is 0.191 e. The van der Waals surface area contributed by atoms with Crippen LogP contribution in [0.4, 0.5) is 0 Å². The average molecular weight is 514 g/mol. The largest absolute Gasteiger partial charge is 0.357 e.